The maximum Gasteiger partial charge on any atom is 0.341 e. The van der Waals surface area contributed by atoms with E-state index < -0.39 is 11.4 Å². The fraction of sp³-hybridized carbons (Fsp3) is 0.200. The highest BCUT2D eigenvalue weighted by molar-refractivity contribution is 5.86. The average Bonchev–Trinajstić information content (AvgIpc) is 2.48. The summed E-state index contributed by atoms with van der Waals surface area (Å²) < 4.78 is 12.0. The molecule has 1 N–H and O–H groups in total. The Labute approximate surface area is 121 Å². The lowest BCUT2D eigenvalue weighted by molar-refractivity contribution is 0.0694. The lowest BCUT2D eigenvalue weighted by Gasteiger charge is -2.11. The minimum atomic E-state index is -1.23. The Hall–Kier alpha value is -2.76. The van der Waals surface area contributed by atoms with E-state index in [9.17, 15) is 9.59 Å². The highest BCUT2D eigenvalue weighted by atomic mass is 16.5. The third-order valence-corrected chi connectivity index (χ3v) is 3.02. The van der Waals surface area contributed by atoms with Crippen molar-refractivity contribution in [2.45, 2.75) is 6.54 Å². The van der Waals surface area contributed by atoms with E-state index in [1.165, 1.54) is 12.3 Å². The van der Waals surface area contributed by atoms with E-state index >= 15 is 0 Å². The normalized spacial score (nSPS) is 10.2. The molecule has 0 atom stereocenters. The summed E-state index contributed by atoms with van der Waals surface area (Å²) in [5.41, 5.74) is 0.136. The Bertz CT molecular complexity index is 720. The van der Waals surface area contributed by atoms with E-state index in [2.05, 4.69) is 0 Å². The molecule has 0 aliphatic rings. The number of methoxy groups -OCH3 is 2. The summed E-state index contributed by atoms with van der Waals surface area (Å²) in [6.07, 6.45) is 2.87. The molecule has 6 nitrogen and oxygen atoms in total. The second-order valence-corrected chi connectivity index (χ2v) is 4.39. The first-order chi connectivity index (χ1) is 10.0. The lowest BCUT2D eigenvalue weighted by atomic mass is 10.2. The van der Waals surface area contributed by atoms with Crippen molar-refractivity contribution in [3.63, 3.8) is 0 Å². The second-order valence-electron chi connectivity index (χ2n) is 4.39. The van der Waals surface area contributed by atoms with E-state index in [1.807, 2.05) is 6.07 Å². The van der Waals surface area contributed by atoms with Gasteiger partial charge in [-0.25, -0.2) is 4.79 Å². The Morgan fingerprint density at radius 2 is 1.90 bits per heavy atom. The third kappa shape index (κ3) is 3.22. The number of carboxylic acids is 1. The molecule has 1 aromatic carbocycles. The van der Waals surface area contributed by atoms with Crippen LogP contribution in [-0.4, -0.2) is 29.9 Å². The molecule has 0 radical (unpaired) electrons. The number of nitrogens with zero attached hydrogens (tertiary/aromatic N) is 1. The van der Waals surface area contributed by atoms with Gasteiger partial charge in [0.25, 0.3) is 0 Å². The maximum absolute atomic E-state index is 11.4. The van der Waals surface area contributed by atoms with Crippen LogP contribution < -0.4 is 14.9 Å². The predicted molar refractivity (Wildman–Crippen MR) is 76.3 cm³/mol. The largest absolute Gasteiger partial charge is 0.493 e. The molecule has 1 aromatic heterocycles. The molecule has 110 valence electrons. The minimum Gasteiger partial charge on any atom is -0.493 e. The summed E-state index contributed by atoms with van der Waals surface area (Å²) in [6.45, 7) is 0.418. The molecule has 0 fully saturated rings. The molecular weight excluding hydrogens is 274 g/mol. The standard InChI is InChI=1S/C15H15NO5/c1-20-13-4-3-10(7-14(13)21-2)8-16-6-5-12(17)11(9-16)15(18)19/h3-7,9H,8H2,1-2H3,(H,18,19). The predicted octanol–water partition coefficient (Wildman–Crippen LogP) is 1.61. The number of aromatic nitrogens is 1. The molecule has 0 aliphatic heterocycles. The van der Waals surface area contributed by atoms with E-state index in [4.69, 9.17) is 14.6 Å². The number of benzene rings is 1. The van der Waals surface area contributed by atoms with Crippen LogP contribution in [0.3, 0.4) is 0 Å². The van der Waals surface area contributed by atoms with Crippen LogP contribution in [0.2, 0.25) is 0 Å². The van der Waals surface area contributed by atoms with Crippen molar-refractivity contribution in [3.05, 3.63) is 58.0 Å². The van der Waals surface area contributed by atoms with E-state index in [0.29, 0.717) is 18.0 Å². The zero-order chi connectivity index (χ0) is 15.4. The molecule has 0 unspecified atom stereocenters. The van der Waals surface area contributed by atoms with Gasteiger partial charge in [-0.1, -0.05) is 6.07 Å². The van der Waals surface area contributed by atoms with Crippen molar-refractivity contribution in [2.24, 2.45) is 0 Å². The third-order valence-electron chi connectivity index (χ3n) is 3.02. The number of ether oxygens (including phenoxy) is 2. The number of carboxylic acid groups (broad SMARTS) is 1. The van der Waals surface area contributed by atoms with Crippen LogP contribution in [0, 0.1) is 0 Å². The second kappa shape index (κ2) is 6.13. The number of pyridine rings is 1. The quantitative estimate of drug-likeness (QED) is 0.904. The van der Waals surface area contributed by atoms with Crippen molar-refractivity contribution in [1.82, 2.24) is 4.57 Å². The first kappa shape index (κ1) is 14.6. The van der Waals surface area contributed by atoms with Crippen LogP contribution in [0.25, 0.3) is 0 Å². The molecule has 0 spiro atoms. The van der Waals surface area contributed by atoms with Crippen molar-refractivity contribution < 1.29 is 19.4 Å². The number of carbonyl (C=O) groups is 1. The molecule has 0 saturated heterocycles. The average molecular weight is 289 g/mol. The monoisotopic (exact) mass is 289 g/mol. The molecule has 0 amide bonds. The molecule has 2 aromatic rings. The molecule has 0 saturated carbocycles. The summed E-state index contributed by atoms with van der Waals surface area (Å²) in [7, 11) is 3.10. The van der Waals surface area contributed by atoms with Crippen LogP contribution >= 0.6 is 0 Å². The van der Waals surface area contributed by atoms with Gasteiger partial charge in [0.2, 0.25) is 0 Å². The van der Waals surface area contributed by atoms with Crippen molar-refractivity contribution in [3.8, 4) is 11.5 Å². The molecule has 1 heterocycles. The van der Waals surface area contributed by atoms with Gasteiger partial charge in [0.05, 0.1) is 14.2 Å². The van der Waals surface area contributed by atoms with E-state index in [0.717, 1.165) is 5.56 Å². The molecule has 2 rings (SSSR count). The number of aromatic carboxylic acids is 1. The van der Waals surface area contributed by atoms with Gasteiger partial charge >= 0.3 is 5.97 Å². The van der Waals surface area contributed by atoms with E-state index in [-0.39, 0.29) is 5.56 Å². The summed E-state index contributed by atoms with van der Waals surface area (Å²) in [5, 5.41) is 8.96. The summed E-state index contributed by atoms with van der Waals surface area (Å²) in [5.74, 6) is -0.0245. The van der Waals surface area contributed by atoms with Gasteiger partial charge in [-0.15, -0.1) is 0 Å². The summed E-state index contributed by atoms with van der Waals surface area (Å²) >= 11 is 0. The maximum atomic E-state index is 11.4. The van der Waals surface area contributed by atoms with Gasteiger partial charge < -0.3 is 19.1 Å². The molecular formula is C15H15NO5. The van der Waals surface area contributed by atoms with Crippen LogP contribution in [-0.2, 0) is 6.54 Å². The lowest BCUT2D eigenvalue weighted by Crippen LogP contribution is -2.16. The van der Waals surface area contributed by atoms with Gasteiger partial charge in [0, 0.05) is 25.0 Å². The fourth-order valence-electron chi connectivity index (χ4n) is 1.97. The first-order valence-electron chi connectivity index (χ1n) is 6.19. The summed E-state index contributed by atoms with van der Waals surface area (Å²) in [6, 6.07) is 6.66. The Morgan fingerprint density at radius 1 is 1.19 bits per heavy atom. The van der Waals surface area contributed by atoms with Crippen LogP contribution in [0.15, 0.2) is 41.5 Å². The van der Waals surface area contributed by atoms with Crippen LogP contribution in [0.4, 0.5) is 0 Å². The Morgan fingerprint density at radius 3 is 2.52 bits per heavy atom. The highest BCUT2D eigenvalue weighted by Crippen LogP contribution is 2.27. The van der Waals surface area contributed by atoms with Crippen LogP contribution in [0.5, 0.6) is 11.5 Å². The van der Waals surface area contributed by atoms with Gasteiger partial charge in [-0.2, -0.15) is 0 Å². The van der Waals surface area contributed by atoms with Gasteiger partial charge in [0.1, 0.15) is 5.56 Å². The molecule has 0 bridgehead atoms. The zero-order valence-corrected chi connectivity index (χ0v) is 11.7. The SMILES string of the molecule is COc1ccc(Cn2ccc(=O)c(C(=O)O)c2)cc1OC. The molecule has 6 heteroatoms. The fourth-order valence-corrected chi connectivity index (χ4v) is 1.97. The molecule has 0 aliphatic carbocycles. The number of hydrogen-bond acceptors (Lipinski definition) is 4. The topological polar surface area (TPSA) is 77.8 Å². The number of hydrogen-bond donors (Lipinski definition) is 1. The van der Waals surface area contributed by atoms with Gasteiger partial charge in [-0.05, 0) is 17.7 Å². The van der Waals surface area contributed by atoms with E-state index in [1.54, 1.807) is 37.1 Å². The minimum absolute atomic E-state index is 0.252. The van der Waals surface area contributed by atoms with Gasteiger partial charge in [-0.3, -0.25) is 4.79 Å². The zero-order valence-electron chi connectivity index (χ0n) is 11.7. The Kier molecular flexibility index (Phi) is 4.27. The number of rotatable bonds is 5. The van der Waals surface area contributed by atoms with Crippen molar-refractivity contribution in [2.75, 3.05) is 14.2 Å². The van der Waals surface area contributed by atoms with Crippen molar-refractivity contribution >= 4 is 5.97 Å². The summed E-state index contributed by atoms with van der Waals surface area (Å²) in [4.78, 5) is 22.4. The highest BCUT2D eigenvalue weighted by Gasteiger charge is 2.09. The van der Waals surface area contributed by atoms with Crippen molar-refractivity contribution in [1.29, 1.82) is 0 Å². The Balaban J connectivity index is 2.32. The van der Waals surface area contributed by atoms with Gasteiger partial charge in [0.15, 0.2) is 16.9 Å². The first-order valence-corrected chi connectivity index (χ1v) is 6.19. The van der Waals surface area contributed by atoms with Crippen LogP contribution in [0.1, 0.15) is 15.9 Å². The molecule has 21 heavy (non-hydrogen) atoms. The smallest absolute Gasteiger partial charge is 0.341 e.